The number of fused-ring (bicyclic) bond motifs is 1. The fraction of sp³-hybridized carbons (Fsp3) is 0.0920. The molecule has 0 radical (unpaired) electrons. The summed E-state index contributed by atoms with van der Waals surface area (Å²) in [5.41, 5.74) is 23.6. The molecule has 2 aliphatic rings. The smallest absolute Gasteiger partial charge is 0.133 e. The number of amidine groups is 1. The zero-order valence-electron chi connectivity index (χ0n) is 51.3. The maximum atomic E-state index is 6.01. The Balaban J connectivity index is 1.11. The molecule has 3 heteroatoms. The second-order valence-corrected chi connectivity index (χ2v) is 23.7. The van der Waals surface area contributed by atoms with Gasteiger partial charge in [0.25, 0.3) is 0 Å². The molecule has 436 valence electrons. The molecule has 2 unspecified atom stereocenters. The summed E-state index contributed by atoms with van der Waals surface area (Å²) in [4.78, 5) is 8.55. The molecule has 0 saturated heterocycles. The molecule has 3 atom stereocenters. The lowest BCUT2D eigenvalue weighted by Crippen LogP contribution is -2.29. The minimum Gasteiger partial charge on any atom is -0.370 e. The summed E-state index contributed by atoms with van der Waals surface area (Å²) in [6.07, 6.45) is 12.8. The summed E-state index contributed by atoms with van der Waals surface area (Å²) in [6, 6.07) is 108. The molecule has 0 bridgehead atoms. The number of aliphatic imine (C=N–C) groups is 1. The fourth-order valence-corrected chi connectivity index (χ4v) is 13.3. The first-order valence-electron chi connectivity index (χ1n) is 31.5. The van der Waals surface area contributed by atoms with Crippen molar-refractivity contribution in [1.29, 1.82) is 0 Å². The summed E-state index contributed by atoms with van der Waals surface area (Å²) >= 11 is 0. The van der Waals surface area contributed by atoms with Gasteiger partial charge in [-0.3, -0.25) is 0 Å². The van der Waals surface area contributed by atoms with Crippen molar-refractivity contribution < 1.29 is 0 Å². The van der Waals surface area contributed by atoms with Crippen molar-refractivity contribution in [3.05, 3.63) is 391 Å². The minimum atomic E-state index is -0.571. The number of rotatable bonds is 17. The SMILES string of the molecule is C=C/C=C(/c1ccccc1)C(C)CCNC(=NC1=CC(c2ccccc2)=C[C@@]1(C)c1ccccc1)c1cc(-c2ccccc2)c(N2C(=C)/C(c3ccccc3)=C\CC(c3ccccc3)c3cc(-c4ccccc4)cc(-c4ccccc4)c32)c(-c2ccccc2)c1. The Morgan fingerprint density at radius 2 is 1.00 bits per heavy atom. The first-order chi connectivity index (χ1) is 44.3. The predicted octanol–water partition coefficient (Wildman–Crippen LogP) is 22.2. The Labute approximate surface area is 532 Å². The third kappa shape index (κ3) is 12.1. The van der Waals surface area contributed by atoms with Gasteiger partial charge in [0.05, 0.1) is 22.5 Å². The molecule has 11 aromatic rings. The molecule has 0 saturated carbocycles. The van der Waals surface area contributed by atoms with E-state index in [4.69, 9.17) is 11.6 Å². The number of anilines is 2. The largest absolute Gasteiger partial charge is 0.370 e. The predicted molar refractivity (Wildman–Crippen MR) is 382 cm³/mol. The van der Waals surface area contributed by atoms with Crippen LogP contribution in [0.15, 0.2) is 357 Å². The number of allylic oxidation sites excluding steroid dienone is 8. The molecule has 1 heterocycles. The van der Waals surface area contributed by atoms with Crippen molar-refractivity contribution in [2.45, 2.75) is 38.0 Å². The van der Waals surface area contributed by atoms with E-state index in [9.17, 15) is 0 Å². The van der Waals surface area contributed by atoms with Crippen LogP contribution in [0, 0.1) is 5.92 Å². The van der Waals surface area contributed by atoms with Gasteiger partial charge >= 0.3 is 0 Å². The van der Waals surface area contributed by atoms with Crippen LogP contribution >= 0.6 is 0 Å². The number of benzene rings is 11. The maximum absolute atomic E-state index is 6.01. The maximum Gasteiger partial charge on any atom is 0.133 e. The molecule has 13 rings (SSSR count). The lowest BCUT2D eigenvalue weighted by atomic mass is 9.79. The highest BCUT2D eigenvalue weighted by atomic mass is 15.2. The molecule has 0 aromatic heterocycles. The summed E-state index contributed by atoms with van der Waals surface area (Å²) in [5.74, 6) is 0.925. The third-order valence-corrected chi connectivity index (χ3v) is 17.9. The van der Waals surface area contributed by atoms with E-state index in [0.717, 1.165) is 114 Å². The first-order valence-corrected chi connectivity index (χ1v) is 31.5. The molecule has 1 aliphatic heterocycles. The minimum absolute atomic E-state index is 0.0525. The van der Waals surface area contributed by atoms with E-state index in [-0.39, 0.29) is 11.8 Å². The monoisotopic (exact) mass is 1160 g/mol. The van der Waals surface area contributed by atoms with Crippen molar-refractivity contribution >= 4 is 33.9 Å². The van der Waals surface area contributed by atoms with Crippen LogP contribution in [-0.2, 0) is 5.41 Å². The molecule has 0 spiro atoms. The van der Waals surface area contributed by atoms with E-state index >= 15 is 0 Å². The lowest BCUT2D eigenvalue weighted by molar-refractivity contribution is 0.645. The molecule has 90 heavy (non-hydrogen) atoms. The van der Waals surface area contributed by atoms with Crippen LogP contribution in [0.4, 0.5) is 11.4 Å². The molecule has 1 N–H and O–H groups in total. The van der Waals surface area contributed by atoms with Crippen molar-refractivity contribution in [2.75, 3.05) is 11.4 Å². The fourth-order valence-electron chi connectivity index (χ4n) is 13.3. The van der Waals surface area contributed by atoms with Gasteiger partial charge < -0.3 is 10.2 Å². The number of hydrogen-bond donors (Lipinski definition) is 1. The van der Waals surface area contributed by atoms with E-state index in [0.29, 0.717) is 6.54 Å². The van der Waals surface area contributed by atoms with Gasteiger partial charge in [-0.05, 0) is 128 Å². The average Bonchev–Trinajstić information content (AvgIpc) is 0.844. The van der Waals surface area contributed by atoms with E-state index in [1.54, 1.807) is 0 Å². The van der Waals surface area contributed by atoms with Gasteiger partial charge in [0.2, 0.25) is 0 Å². The summed E-state index contributed by atoms with van der Waals surface area (Å²) in [5, 5.41) is 4.08. The second-order valence-electron chi connectivity index (χ2n) is 23.7. The lowest BCUT2D eigenvalue weighted by Gasteiger charge is -2.39. The Hall–Kier alpha value is -10.9. The van der Waals surface area contributed by atoms with Crippen LogP contribution in [0.25, 0.3) is 61.2 Å². The van der Waals surface area contributed by atoms with Crippen LogP contribution in [0.2, 0.25) is 0 Å². The molecule has 11 aromatic carbocycles. The third-order valence-electron chi connectivity index (χ3n) is 17.9. The zero-order chi connectivity index (χ0) is 61.2. The Kier molecular flexibility index (Phi) is 17.2. The number of nitrogens with one attached hydrogen (secondary N) is 1. The summed E-state index contributed by atoms with van der Waals surface area (Å²) in [6.45, 7) is 14.7. The highest BCUT2D eigenvalue weighted by Gasteiger charge is 2.37. The Morgan fingerprint density at radius 1 is 0.533 bits per heavy atom. The van der Waals surface area contributed by atoms with Gasteiger partial charge in [0, 0.05) is 46.0 Å². The highest BCUT2D eigenvalue weighted by molar-refractivity contribution is 6.09. The standard InChI is InChI=1S/C87H73N3/c1-5-33-76(66-38-19-8-20-39-66)62(2)54-55-88-86(89-83-60-74(65-36-17-7-18-37-65)61-87(83,4)75-50-31-14-32-51-75)73-58-80(70-46-27-12-28-47-70)84(81(59-73)71-48-29-13-30-49-71)90-63(3)77(67-40-21-9-22-41-67)52-53-78(68-42-23-10-24-43-68)82-57-72(64-34-15-6-16-35-64)56-79(85(82)90)69-44-25-11-26-45-69/h5-52,56-62,78H,1,3,53-55H2,2,4H3,(H,88,89)/b76-33+,77-52+/t62?,78?,87-/m0/s1. The van der Waals surface area contributed by atoms with Crippen molar-refractivity contribution in [3.8, 4) is 44.5 Å². The molecular weight excluding hydrogens is 1090 g/mol. The molecule has 0 amide bonds. The van der Waals surface area contributed by atoms with Gasteiger partial charge in [-0.15, -0.1) is 0 Å². The van der Waals surface area contributed by atoms with Crippen molar-refractivity contribution in [2.24, 2.45) is 10.9 Å². The second kappa shape index (κ2) is 26.6. The van der Waals surface area contributed by atoms with Gasteiger partial charge in [0.1, 0.15) is 5.84 Å². The van der Waals surface area contributed by atoms with E-state index in [2.05, 4.69) is 352 Å². The van der Waals surface area contributed by atoms with Crippen LogP contribution < -0.4 is 10.2 Å². The van der Waals surface area contributed by atoms with E-state index in [1.807, 2.05) is 6.08 Å². The van der Waals surface area contributed by atoms with Gasteiger partial charge in [-0.1, -0.05) is 317 Å². The van der Waals surface area contributed by atoms with E-state index < -0.39 is 5.41 Å². The van der Waals surface area contributed by atoms with Crippen LogP contribution in [-0.4, -0.2) is 12.4 Å². The van der Waals surface area contributed by atoms with Gasteiger partial charge in [-0.2, -0.15) is 0 Å². The summed E-state index contributed by atoms with van der Waals surface area (Å²) < 4.78 is 0. The van der Waals surface area contributed by atoms with Gasteiger partial charge in [-0.25, -0.2) is 4.99 Å². The van der Waals surface area contributed by atoms with Crippen molar-refractivity contribution in [1.82, 2.24) is 5.32 Å². The molecule has 3 nitrogen and oxygen atoms in total. The quantitative estimate of drug-likeness (QED) is 0.0559. The Bertz CT molecular complexity index is 4410. The molecule has 1 aliphatic carbocycles. The summed E-state index contributed by atoms with van der Waals surface area (Å²) in [7, 11) is 0. The number of nitrogens with zero attached hydrogens (tertiary/aromatic N) is 2. The van der Waals surface area contributed by atoms with Crippen molar-refractivity contribution in [3.63, 3.8) is 0 Å². The average molecular weight is 1160 g/mol. The topological polar surface area (TPSA) is 27.6 Å². The zero-order valence-corrected chi connectivity index (χ0v) is 51.3. The molecular formula is C87H73N3. The Morgan fingerprint density at radius 3 is 1.53 bits per heavy atom. The number of hydrogen-bond acceptors (Lipinski definition) is 2. The van der Waals surface area contributed by atoms with Crippen LogP contribution in [0.1, 0.15) is 71.6 Å². The van der Waals surface area contributed by atoms with E-state index in [1.165, 1.54) is 27.8 Å². The highest BCUT2D eigenvalue weighted by Crippen LogP contribution is 2.55. The normalized spacial score (nSPS) is 16.8. The molecule has 0 fully saturated rings. The van der Waals surface area contributed by atoms with Crippen LogP contribution in [0.3, 0.4) is 0 Å². The van der Waals surface area contributed by atoms with Gasteiger partial charge in [0.15, 0.2) is 0 Å². The van der Waals surface area contributed by atoms with Crippen LogP contribution in [0.5, 0.6) is 0 Å². The first kappa shape index (κ1) is 58.2.